The van der Waals surface area contributed by atoms with E-state index in [0.29, 0.717) is 5.69 Å². The van der Waals surface area contributed by atoms with Gasteiger partial charge in [0.2, 0.25) is 17.7 Å². The van der Waals surface area contributed by atoms with Gasteiger partial charge in [0.05, 0.1) is 12.4 Å². The summed E-state index contributed by atoms with van der Waals surface area (Å²) in [6.07, 6.45) is 2.90. The summed E-state index contributed by atoms with van der Waals surface area (Å²) in [5.41, 5.74) is 12.4. The normalized spacial score (nSPS) is 13.6. The number of primary amides is 1. The van der Waals surface area contributed by atoms with Crippen molar-refractivity contribution in [1.29, 1.82) is 0 Å². The Balaban J connectivity index is 2.05. The van der Waals surface area contributed by atoms with Crippen molar-refractivity contribution in [3.63, 3.8) is 0 Å². The number of aliphatic carboxylic acids is 1. The van der Waals surface area contributed by atoms with Gasteiger partial charge in [-0.2, -0.15) is 0 Å². The molecule has 2 rings (SSSR count). The standard InChI is InChI=1S/C20H26N6O5/c21-14(9-13-10-23-11-24-13)18(28)25-15(6-7-17(22)27)19(29)26-16(20(30)31)8-12-4-2-1-3-5-12/h1-5,10-11,14-16H,6-9,21H2,(H2,22,27)(H,23,24)(H,25,28)(H,26,29)(H,30,31). The average molecular weight is 430 g/mol. The molecule has 31 heavy (non-hydrogen) atoms. The molecule has 0 saturated heterocycles. The minimum Gasteiger partial charge on any atom is -0.480 e. The third kappa shape index (κ3) is 7.90. The fourth-order valence-corrected chi connectivity index (χ4v) is 2.88. The monoisotopic (exact) mass is 430 g/mol. The van der Waals surface area contributed by atoms with Gasteiger partial charge in [-0.1, -0.05) is 30.3 Å². The van der Waals surface area contributed by atoms with E-state index in [0.717, 1.165) is 5.56 Å². The first-order valence-corrected chi connectivity index (χ1v) is 9.65. The molecule has 1 aromatic heterocycles. The van der Waals surface area contributed by atoms with E-state index in [-0.39, 0.29) is 25.7 Å². The molecule has 8 N–H and O–H groups in total. The lowest BCUT2D eigenvalue weighted by Gasteiger charge is -2.22. The summed E-state index contributed by atoms with van der Waals surface area (Å²) in [6.45, 7) is 0. The number of nitrogens with one attached hydrogen (secondary N) is 3. The molecule has 0 aliphatic rings. The van der Waals surface area contributed by atoms with Crippen molar-refractivity contribution in [1.82, 2.24) is 20.6 Å². The Morgan fingerprint density at radius 1 is 1.03 bits per heavy atom. The number of imidazole rings is 1. The molecule has 0 aliphatic heterocycles. The number of aromatic amines is 1. The Morgan fingerprint density at radius 2 is 1.71 bits per heavy atom. The van der Waals surface area contributed by atoms with E-state index in [2.05, 4.69) is 20.6 Å². The number of nitrogens with zero attached hydrogens (tertiary/aromatic N) is 1. The van der Waals surface area contributed by atoms with E-state index in [4.69, 9.17) is 11.5 Å². The molecule has 11 nitrogen and oxygen atoms in total. The van der Waals surface area contributed by atoms with E-state index in [1.165, 1.54) is 12.5 Å². The Labute approximate surface area is 178 Å². The van der Waals surface area contributed by atoms with Gasteiger partial charge in [0, 0.05) is 31.2 Å². The van der Waals surface area contributed by atoms with Crippen LogP contribution in [-0.2, 0) is 32.0 Å². The lowest BCUT2D eigenvalue weighted by atomic mass is 10.0. The van der Waals surface area contributed by atoms with Gasteiger partial charge in [-0.3, -0.25) is 14.4 Å². The number of benzene rings is 1. The van der Waals surface area contributed by atoms with Crippen molar-refractivity contribution >= 4 is 23.7 Å². The van der Waals surface area contributed by atoms with Gasteiger partial charge in [-0.25, -0.2) is 9.78 Å². The number of carboxylic acids is 1. The van der Waals surface area contributed by atoms with Gasteiger partial charge in [-0.15, -0.1) is 0 Å². The van der Waals surface area contributed by atoms with Gasteiger partial charge in [-0.05, 0) is 12.0 Å². The molecule has 0 spiro atoms. The number of hydrogen-bond acceptors (Lipinski definition) is 6. The summed E-state index contributed by atoms with van der Waals surface area (Å²) >= 11 is 0. The predicted octanol–water partition coefficient (Wildman–Crippen LogP) is -1.16. The predicted molar refractivity (Wildman–Crippen MR) is 110 cm³/mol. The van der Waals surface area contributed by atoms with Crippen LogP contribution in [-0.4, -0.2) is 56.9 Å². The summed E-state index contributed by atoms with van der Waals surface area (Å²) in [5, 5.41) is 14.4. The van der Waals surface area contributed by atoms with Crippen LogP contribution in [0.15, 0.2) is 42.9 Å². The topological polar surface area (TPSA) is 193 Å². The number of carboxylic acid groups (broad SMARTS) is 1. The van der Waals surface area contributed by atoms with Gasteiger partial charge in [0.25, 0.3) is 0 Å². The van der Waals surface area contributed by atoms with Gasteiger partial charge < -0.3 is 32.2 Å². The van der Waals surface area contributed by atoms with Crippen LogP contribution in [0.3, 0.4) is 0 Å². The SMILES string of the molecule is NC(=O)CCC(NC(=O)C(N)Cc1cnc[nH]1)C(=O)NC(Cc1ccccc1)C(=O)O. The Hall–Kier alpha value is -3.73. The highest BCUT2D eigenvalue weighted by Crippen LogP contribution is 2.06. The third-order valence-corrected chi connectivity index (χ3v) is 4.54. The number of nitrogens with two attached hydrogens (primary N) is 2. The molecular formula is C20H26N6O5. The molecule has 166 valence electrons. The van der Waals surface area contributed by atoms with Crippen LogP contribution < -0.4 is 22.1 Å². The number of aromatic nitrogens is 2. The van der Waals surface area contributed by atoms with Gasteiger partial charge in [0.1, 0.15) is 12.1 Å². The maximum atomic E-state index is 12.7. The summed E-state index contributed by atoms with van der Waals surface area (Å²) in [7, 11) is 0. The Morgan fingerprint density at radius 3 is 2.29 bits per heavy atom. The van der Waals surface area contributed by atoms with Gasteiger partial charge >= 0.3 is 5.97 Å². The van der Waals surface area contributed by atoms with Crippen molar-refractivity contribution in [2.45, 2.75) is 43.8 Å². The van der Waals surface area contributed by atoms with Crippen molar-refractivity contribution in [2.75, 3.05) is 0 Å². The highest BCUT2D eigenvalue weighted by atomic mass is 16.4. The highest BCUT2D eigenvalue weighted by Gasteiger charge is 2.28. The molecule has 3 atom stereocenters. The van der Waals surface area contributed by atoms with Crippen LogP contribution in [0.2, 0.25) is 0 Å². The minimum atomic E-state index is -1.23. The number of rotatable bonds is 12. The summed E-state index contributed by atoms with van der Waals surface area (Å²) in [4.78, 5) is 54.7. The average Bonchev–Trinajstić information content (AvgIpc) is 3.23. The second-order valence-electron chi connectivity index (χ2n) is 7.04. The molecule has 1 heterocycles. The summed E-state index contributed by atoms with van der Waals surface area (Å²) < 4.78 is 0. The maximum absolute atomic E-state index is 12.7. The van der Waals surface area contributed by atoms with Crippen molar-refractivity contribution in [3.05, 3.63) is 54.1 Å². The smallest absolute Gasteiger partial charge is 0.326 e. The number of H-pyrrole nitrogens is 1. The molecule has 0 radical (unpaired) electrons. The molecule has 3 unspecified atom stereocenters. The zero-order valence-electron chi connectivity index (χ0n) is 16.8. The molecule has 1 aromatic carbocycles. The van der Waals surface area contributed by atoms with Crippen molar-refractivity contribution in [3.8, 4) is 0 Å². The number of amides is 3. The fourth-order valence-electron chi connectivity index (χ4n) is 2.88. The number of carbonyl (C=O) groups is 4. The van der Waals surface area contributed by atoms with Crippen LogP contribution in [0.1, 0.15) is 24.1 Å². The summed E-state index contributed by atoms with van der Waals surface area (Å²) in [6, 6.07) is 5.40. The highest BCUT2D eigenvalue weighted by molar-refractivity contribution is 5.92. The quantitative estimate of drug-likeness (QED) is 0.244. The van der Waals surface area contributed by atoms with E-state index < -0.39 is 41.8 Å². The zero-order valence-corrected chi connectivity index (χ0v) is 16.8. The maximum Gasteiger partial charge on any atom is 0.326 e. The number of carbonyl (C=O) groups excluding carboxylic acids is 3. The van der Waals surface area contributed by atoms with Crippen molar-refractivity contribution < 1.29 is 24.3 Å². The van der Waals surface area contributed by atoms with Crippen molar-refractivity contribution in [2.24, 2.45) is 11.5 Å². The van der Waals surface area contributed by atoms with E-state index in [1.54, 1.807) is 30.3 Å². The molecule has 11 heteroatoms. The first-order valence-electron chi connectivity index (χ1n) is 9.65. The lowest BCUT2D eigenvalue weighted by Crippen LogP contribution is -2.55. The lowest BCUT2D eigenvalue weighted by molar-refractivity contribution is -0.142. The largest absolute Gasteiger partial charge is 0.480 e. The second-order valence-corrected chi connectivity index (χ2v) is 7.04. The van der Waals surface area contributed by atoms with E-state index in [9.17, 15) is 24.3 Å². The van der Waals surface area contributed by atoms with Crippen LogP contribution in [0, 0.1) is 0 Å². The van der Waals surface area contributed by atoms with E-state index >= 15 is 0 Å². The Bertz CT molecular complexity index is 887. The van der Waals surface area contributed by atoms with Crippen LogP contribution >= 0.6 is 0 Å². The first kappa shape index (κ1) is 23.5. The molecule has 3 amide bonds. The Kier molecular flexibility index (Phi) is 8.70. The second kappa shape index (κ2) is 11.5. The zero-order chi connectivity index (χ0) is 22.8. The molecule has 0 aliphatic carbocycles. The van der Waals surface area contributed by atoms with Gasteiger partial charge in [0.15, 0.2) is 0 Å². The minimum absolute atomic E-state index is 0.0533. The fraction of sp³-hybridized carbons (Fsp3) is 0.350. The molecule has 0 fully saturated rings. The molecule has 2 aromatic rings. The van der Waals surface area contributed by atoms with E-state index in [1.807, 2.05) is 0 Å². The first-order chi connectivity index (χ1) is 14.8. The van der Waals surface area contributed by atoms with Crippen LogP contribution in [0.25, 0.3) is 0 Å². The molecule has 0 saturated carbocycles. The third-order valence-electron chi connectivity index (χ3n) is 4.54. The van der Waals surface area contributed by atoms with Crippen LogP contribution in [0.5, 0.6) is 0 Å². The van der Waals surface area contributed by atoms with Crippen LogP contribution in [0.4, 0.5) is 0 Å². The molecule has 0 bridgehead atoms. The summed E-state index contributed by atoms with van der Waals surface area (Å²) in [5.74, 6) is -3.26. The molecular weight excluding hydrogens is 404 g/mol. The number of hydrogen-bond donors (Lipinski definition) is 6.